The summed E-state index contributed by atoms with van der Waals surface area (Å²) < 4.78 is 10.2. The smallest absolute Gasteiger partial charge is 0.329 e. The van der Waals surface area contributed by atoms with Crippen molar-refractivity contribution in [3.63, 3.8) is 0 Å². The van der Waals surface area contributed by atoms with Gasteiger partial charge in [0.05, 0.1) is 6.10 Å². The number of carboxylic acids is 1. The summed E-state index contributed by atoms with van der Waals surface area (Å²) in [5.41, 5.74) is 0. The number of hydrogen-bond donors (Lipinski definition) is 1. The molecule has 1 saturated heterocycles. The number of hydrogen-bond acceptors (Lipinski definition) is 4. The quantitative estimate of drug-likeness (QED) is 0.720. The summed E-state index contributed by atoms with van der Waals surface area (Å²) in [4.78, 5) is 23.5. The number of amides is 1. The fraction of sp³-hybridized carbons (Fsp3) is 0.800. The molecular formula is C10H17NO5. The van der Waals surface area contributed by atoms with Crippen molar-refractivity contribution in [1.29, 1.82) is 0 Å². The molecule has 1 unspecified atom stereocenters. The minimum Gasteiger partial charge on any atom is -0.480 e. The summed E-state index contributed by atoms with van der Waals surface area (Å²) in [6.45, 7) is 3.12. The van der Waals surface area contributed by atoms with Crippen molar-refractivity contribution >= 4 is 11.9 Å². The molecule has 6 nitrogen and oxygen atoms in total. The predicted octanol–water partition coefficient (Wildman–Crippen LogP) is -0.275. The molecule has 0 radical (unpaired) electrons. The van der Waals surface area contributed by atoms with Crippen LogP contribution in [0.3, 0.4) is 0 Å². The van der Waals surface area contributed by atoms with E-state index in [1.807, 2.05) is 6.92 Å². The Bertz CT molecular complexity index is 256. The van der Waals surface area contributed by atoms with Crippen LogP contribution >= 0.6 is 0 Å². The fourth-order valence-electron chi connectivity index (χ4n) is 1.54. The Morgan fingerprint density at radius 3 is 2.94 bits per heavy atom. The van der Waals surface area contributed by atoms with Gasteiger partial charge in [-0.15, -0.1) is 0 Å². The van der Waals surface area contributed by atoms with Crippen molar-refractivity contribution in [2.45, 2.75) is 19.4 Å². The zero-order valence-corrected chi connectivity index (χ0v) is 9.35. The normalized spacial score (nSPS) is 21.6. The maximum atomic E-state index is 11.6. The van der Waals surface area contributed by atoms with Gasteiger partial charge in [0, 0.05) is 19.7 Å². The summed E-state index contributed by atoms with van der Waals surface area (Å²) in [6.07, 6.45) is 0.820. The molecular weight excluding hydrogens is 214 g/mol. The minimum absolute atomic E-state index is 0.0194. The number of carbonyl (C=O) groups is 2. The van der Waals surface area contributed by atoms with E-state index in [4.69, 9.17) is 14.6 Å². The van der Waals surface area contributed by atoms with Crippen molar-refractivity contribution < 1.29 is 24.2 Å². The van der Waals surface area contributed by atoms with Gasteiger partial charge in [-0.1, -0.05) is 0 Å². The van der Waals surface area contributed by atoms with E-state index in [1.54, 1.807) is 4.90 Å². The van der Waals surface area contributed by atoms with Crippen molar-refractivity contribution in [3.05, 3.63) is 0 Å². The van der Waals surface area contributed by atoms with Gasteiger partial charge < -0.3 is 19.5 Å². The van der Waals surface area contributed by atoms with Crippen LogP contribution in [0.15, 0.2) is 0 Å². The van der Waals surface area contributed by atoms with E-state index in [9.17, 15) is 9.59 Å². The zero-order valence-electron chi connectivity index (χ0n) is 9.35. The second kappa shape index (κ2) is 6.44. The SMILES string of the molecule is CC1CN(C(=O)COCC(=O)O)CCCO1. The first-order valence-electron chi connectivity index (χ1n) is 5.28. The molecule has 0 aromatic rings. The van der Waals surface area contributed by atoms with Crippen LogP contribution < -0.4 is 0 Å². The average Bonchev–Trinajstić information content (AvgIpc) is 2.42. The van der Waals surface area contributed by atoms with E-state index in [-0.39, 0.29) is 18.6 Å². The van der Waals surface area contributed by atoms with Gasteiger partial charge in [0.25, 0.3) is 0 Å². The molecule has 92 valence electrons. The maximum Gasteiger partial charge on any atom is 0.329 e. The molecule has 0 aromatic heterocycles. The molecule has 0 saturated carbocycles. The summed E-state index contributed by atoms with van der Waals surface area (Å²) in [7, 11) is 0. The lowest BCUT2D eigenvalue weighted by Gasteiger charge is -2.21. The van der Waals surface area contributed by atoms with Crippen LogP contribution in [0.1, 0.15) is 13.3 Å². The topological polar surface area (TPSA) is 76.1 Å². The summed E-state index contributed by atoms with van der Waals surface area (Å²) in [5.74, 6) is -1.25. The first kappa shape index (κ1) is 12.9. The number of ether oxygens (including phenoxy) is 2. The van der Waals surface area contributed by atoms with Gasteiger partial charge in [-0.2, -0.15) is 0 Å². The first-order valence-corrected chi connectivity index (χ1v) is 5.28. The first-order chi connectivity index (χ1) is 7.59. The Morgan fingerprint density at radius 2 is 2.25 bits per heavy atom. The van der Waals surface area contributed by atoms with E-state index >= 15 is 0 Å². The highest BCUT2D eigenvalue weighted by Gasteiger charge is 2.19. The number of nitrogens with zero attached hydrogens (tertiary/aromatic N) is 1. The van der Waals surface area contributed by atoms with Crippen molar-refractivity contribution in [2.75, 3.05) is 32.9 Å². The lowest BCUT2D eigenvalue weighted by Crippen LogP contribution is -2.38. The molecule has 1 aliphatic heterocycles. The molecule has 1 amide bonds. The Labute approximate surface area is 94.1 Å². The monoisotopic (exact) mass is 231 g/mol. The minimum atomic E-state index is -1.07. The van der Waals surface area contributed by atoms with Gasteiger partial charge in [0.1, 0.15) is 13.2 Å². The number of rotatable bonds is 4. The zero-order chi connectivity index (χ0) is 12.0. The van der Waals surface area contributed by atoms with Gasteiger partial charge in [-0.3, -0.25) is 4.79 Å². The Balaban J connectivity index is 2.31. The van der Waals surface area contributed by atoms with Crippen molar-refractivity contribution in [3.8, 4) is 0 Å². The third kappa shape index (κ3) is 4.59. The Hall–Kier alpha value is -1.14. The Morgan fingerprint density at radius 1 is 1.50 bits per heavy atom. The van der Waals surface area contributed by atoms with E-state index in [0.717, 1.165) is 6.42 Å². The largest absolute Gasteiger partial charge is 0.480 e. The summed E-state index contributed by atoms with van der Waals surface area (Å²) >= 11 is 0. The molecule has 0 aliphatic carbocycles. The maximum absolute atomic E-state index is 11.6. The molecule has 16 heavy (non-hydrogen) atoms. The van der Waals surface area contributed by atoms with Gasteiger partial charge >= 0.3 is 5.97 Å². The number of carboxylic acid groups (broad SMARTS) is 1. The molecule has 1 atom stereocenters. The van der Waals surface area contributed by atoms with E-state index < -0.39 is 12.6 Å². The van der Waals surface area contributed by atoms with Crippen LogP contribution in [0.5, 0.6) is 0 Å². The fourth-order valence-corrected chi connectivity index (χ4v) is 1.54. The molecule has 0 spiro atoms. The number of aliphatic carboxylic acids is 1. The van der Waals surface area contributed by atoms with Crippen molar-refractivity contribution in [1.82, 2.24) is 4.90 Å². The standard InChI is InChI=1S/C10H17NO5/c1-8-5-11(3-2-4-16-8)9(12)6-15-7-10(13)14/h8H,2-7H2,1H3,(H,13,14). The van der Waals surface area contributed by atoms with Gasteiger partial charge in [0.2, 0.25) is 5.91 Å². The van der Waals surface area contributed by atoms with Gasteiger partial charge in [0.15, 0.2) is 0 Å². The lowest BCUT2D eigenvalue weighted by atomic mass is 10.3. The second-order valence-corrected chi connectivity index (χ2v) is 3.76. The van der Waals surface area contributed by atoms with Crippen LogP contribution in [0.4, 0.5) is 0 Å². The molecule has 6 heteroatoms. The Kier molecular flexibility index (Phi) is 5.21. The van der Waals surface area contributed by atoms with Crippen LogP contribution in [-0.4, -0.2) is 60.9 Å². The van der Waals surface area contributed by atoms with Crippen LogP contribution in [0.25, 0.3) is 0 Å². The molecule has 0 bridgehead atoms. The molecule has 1 heterocycles. The highest BCUT2D eigenvalue weighted by atomic mass is 16.5. The molecule has 1 aliphatic rings. The average molecular weight is 231 g/mol. The summed E-state index contributed by atoms with van der Waals surface area (Å²) in [5, 5.41) is 8.35. The van der Waals surface area contributed by atoms with Crippen LogP contribution in [0.2, 0.25) is 0 Å². The van der Waals surface area contributed by atoms with Crippen molar-refractivity contribution in [2.24, 2.45) is 0 Å². The summed E-state index contributed by atoms with van der Waals surface area (Å²) in [6, 6.07) is 0. The molecule has 1 N–H and O–H groups in total. The van der Waals surface area contributed by atoms with E-state index in [0.29, 0.717) is 19.7 Å². The molecule has 1 rings (SSSR count). The third-order valence-electron chi connectivity index (χ3n) is 2.26. The third-order valence-corrected chi connectivity index (χ3v) is 2.26. The second-order valence-electron chi connectivity index (χ2n) is 3.76. The highest BCUT2D eigenvalue weighted by molar-refractivity contribution is 5.78. The van der Waals surface area contributed by atoms with E-state index in [2.05, 4.69) is 0 Å². The molecule has 0 aromatic carbocycles. The van der Waals surface area contributed by atoms with Crippen LogP contribution in [-0.2, 0) is 19.1 Å². The van der Waals surface area contributed by atoms with Crippen LogP contribution in [0, 0.1) is 0 Å². The number of carbonyl (C=O) groups excluding carboxylic acids is 1. The highest BCUT2D eigenvalue weighted by Crippen LogP contribution is 2.05. The molecule has 1 fully saturated rings. The van der Waals surface area contributed by atoms with Gasteiger partial charge in [-0.05, 0) is 13.3 Å². The lowest BCUT2D eigenvalue weighted by molar-refractivity contribution is -0.146. The van der Waals surface area contributed by atoms with Gasteiger partial charge in [-0.25, -0.2) is 4.79 Å². The van der Waals surface area contributed by atoms with E-state index in [1.165, 1.54) is 0 Å². The predicted molar refractivity (Wildman–Crippen MR) is 55.1 cm³/mol.